The maximum Gasteiger partial charge on any atom is 0.349 e. The Labute approximate surface area is 116 Å². The van der Waals surface area contributed by atoms with Gasteiger partial charge in [-0.25, -0.2) is 4.79 Å². The second kappa shape index (κ2) is 6.23. The van der Waals surface area contributed by atoms with E-state index in [4.69, 9.17) is 9.15 Å². The van der Waals surface area contributed by atoms with Crippen LogP contribution < -0.4 is 15.7 Å². The highest BCUT2D eigenvalue weighted by Crippen LogP contribution is 2.20. The van der Waals surface area contributed by atoms with Gasteiger partial charge in [0.15, 0.2) is 0 Å². The summed E-state index contributed by atoms with van der Waals surface area (Å²) in [6, 6.07) is 6.67. The summed E-state index contributed by atoms with van der Waals surface area (Å²) in [7, 11) is 1.54. The molecule has 2 aromatic rings. The van der Waals surface area contributed by atoms with Crippen molar-refractivity contribution in [1.29, 1.82) is 0 Å². The van der Waals surface area contributed by atoms with E-state index in [0.29, 0.717) is 23.3 Å². The number of nitrogens with one attached hydrogen (secondary N) is 1. The normalized spacial score (nSPS) is 10.5. The summed E-state index contributed by atoms with van der Waals surface area (Å²) >= 11 is 0. The van der Waals surface area contributed by atoms with Gasteiger partial charge in [0.2, 0.25) is 0 Å². The molecule has 2 rings (SSSR count). The molecule has 0 aliphatic carbocycles. The molecule has 0 unspecified atom stereocenters. The summed E-state index contributed by atoms with van der Waals surface area (Å²) in [6.07, 6.45) is 1.86. The van der Waals surface area contributed by atoms with Crippen LogP contribution in [0.4, 0.5) is 0 Å². The molecule has 0 radical (unpaired) electrons. The first kappa shape index (κ1) is 14.1. The van der Waals surface area contributed by atoms with Gasteiger partial charge < -0.3 is 14.5 Å². The van der Waals surface area contributed by atoms with Gasteiger partial charge >= 0.3 is 5.63 Å². The summed E-state index contributed by atoms with van der Waals surface area (Å²) in [5.74, 6) is 0.200. The average molecular weight is 275 g/mol. The molecule has 1 N–H and O–H groups in total. The van der Waals surface area contributed by atoms with Gasteiger partial charge in [0.25, 0.3) is 5.91 Å². The Bertz CT molecular complexity index is 675. The number of methoxy groups -OCH3 is 1. The molecule has 5 heteroatoms. The molecule has 1 amide bonds. The predicted molar refractivity (Wildman–Crippen MR) is 76.3 cm³/mol. The van der Waals surface area contributed by atoms with Crippen molar-refractivity contribution in [3.05, 3.63) is 40.2 Å². The smallest absolute Gasteiger partial charge is 0.349 e. The van der Waals surface area contributed by atoms with Crippen molar-refractivity contribution in [3.8, 4) is 5.75 Å². The predicted octanol–water partition coefficient (Wildman–Crippen LogP) is 2.33. The van der Waals surface area contributed by atoms with Crippen LogP contribution in [0.1, 0.15) is 30.1 Å². The molecule has 0 aliphatic heterocycles. The maximum absolute atomic E-state index is 11.9. The van der Waals surface area contributed by atoms with E-state index in [2.05, 4.69) is 5.32 Å². The van der Waals surface area contributed by atoms with E-state index < -0.39 is 11.5 Å². The van der Waals surface area contributed by atoms with Crippen LogP contribution in [0.2, 0.25) is 0 Å². The highest BCUT2D eigenvalue weighted by molar-refractivity contribution is 5.96. The van der Waals surface area contributed by atoms with Crippen molar-refractivity contribution >= 4 is 16.9 Å². The molecule has 1 aromatic heterocycles. The van der Waals surface area contributed by atoms with Crippen molar-refractivity contribution in [1.82, 2.24) is 5.32 Å². The van der Waals surface area contributed by atoms with Crippen molar-refractivity contribution in [2.45, 2.75) is 19.8 Å². The van der Waals surface area contributed by atoms with Gasteiger partial charge in [-0.1, -0.05) is 13.3 Å². The third kappa shape index (κ3) is 2.99. The van der Waals surface area contributed by atoms with E-state index >= 15 is 0 Å². The lowest BCUT2D eigenvalue weighted by molar-refractivity contribution is 0.0949. The first-order valence-corrected chi connectivity index (χ1v) is 6.55. The van der Waals surface area contributed by atoms with Gasteiger partial charge in [-0.15, -0.1) is 0 Å². The molecule has 5 nitrogen and oxygen atoms in total. The Balaban J connectivity index is 2.33. The summed E-state index contributed by atoms with van der Waals surface area (Å²) in [4.78, 5) is 23.7. The number of carbonyl (C=O) groups is 1. The Morgan fingerprint density at radius 3 is 2.85 bits per heavy atom. The van der Waals surface area contributed by atoms with Gasteiger partial charge in [0.1, 0.15) is 16.9 Å². The minimum Gasteiger partial charge on any atom is -0.497 e. The second-order valence-electron chi connectivity index (χ2n) is 4.46. The van der Waals surface area contributed by atoms with Gasteiger partial charge in [-0.2, -0.15) is 0 Å². The molecule has 0 aliphatic rings. The summed E-state index contributed by atoms with van der Waals surface area (Å²) in [6.45, 7) is 2.58. The molecule has 106 valence electrons. The van der Waals surface area contributed by atoms with Crippen LogP contribution in [0.25, 0.3) is 11.0 Å². The number of hydrogen-bond acceptors (Lipinski definition) is 4. The first-order valence-electron chi connectivity index (χ1n) is 6.55. The summed E-state index contributed by atoms with van der Waals surface area (Å²) in [5.41, 5.74) is -0.210. The monoisotopic (exact) mass is 275 g/mol. The Morgan fingerprint density at radius 1 is 1.35 bits per heavy atom. The van der Waals surface area contributed by atoms with Crippen molar-refractivity contribution in [2.75, 3.05) is 13.7 Å². The first-order chi connectivity index (χ1) is 9.65. The van der Waals surface area contributed by atoms with E-state index in [1.807, 2.05) is 6.92 Å². The fourth-order valence-corrected chi connectivity index (χ4v) is 1.85. The zero-order valence-corrected chi connectivity index (χ0v) is 11.6. The number of rotatable bonds is 5. The number of ether oxygens (including phenoxy) is 1. The van der Waals surface area contributed by atoms with Crippen LogP contribution in [0.5, 0.6) is 5.75 Å². The van der Waals surface area contributed by atoms with Gasteiger partial charge in [-0.05, 0) is 24.6 Å². The topological polar surface area (TPSA) is 68.5 Å². The molecule has 1 heterocycles. The van der Waals surface area contributed by atoms with Crippen molar-refractivity contribution < 1.29 is 13.9 Å². The van der Waals surface area contributed by atoms with Crippen LogP contribution in [0.15, 0.2) is 33.5 Å². The minimum absolute atomic E-state index is 0.0266. The lowest BCUT2D eigenvalue weighted by Crippen LogP contribution is -2.28. The molecule has 20 heavy (non-hydrogen) atoms. The molecule has 0 atom stereocenters. The minimum atomic E-state index is -0.639. The van der Waals surface area contributed by atoms with Gasteiger partial charge in [-0.3, -0.25) is 4.79 Å². The van der Waals surface area contributed by atoms with Crippen LogP contribution in [0.3, 0.4) is 0 Å². The Morgan fingerprint density at radius 2 is 2.15 bits per heavy atom. The fourth-order valence-electron chi connectivity index (χ4n) is 1.85. The highest BCUT2D eigenvalue weighted by atomic mass is 16.5. The lowest BCUT2D eigenvalue weighted by Gasteiger charge is -2.05. The molecular formula is C15H17NO4. The van der Waals surface area contributed by atoms with Gasteiger partial charge in [0.05, 0.1) is 7.11 Å². The third-order valence-corrected chi connectivity index (χ3v) is 3.00. The van der Waals surface area contributed by atoms with Crippen LogP contribution in [-0.4, -0.2) is 19.6 Å². The zero-order valence-electron chi connectivity index (χ0n) is 11.6. The quantitative estimate of drug-likeness (QED) is 0.671. The van der Waals surface area contributed by atoms with Crippen molar-refractivity contribution in [2.24, 2.45) is 0 Å². The number of benzene rings is 1. The Hall–Kier alpha value is -2.30. The van der Waals surface area contributed by atoms with E-state index in [1.165, 1.54) is 7.11 Å². The highest BCUT2D eigenvalue weighted by Gasteiger charge is 2.13. The van der Waals surface area contributed by atoms with E-state index in [0.717, 1.165) is 12.8 Å². The van der Waals surface area contributed by atoms with Crippen molar-refractivity contribution in [3.63, 3.8) is 0 Å². The molecule has 0 spiro atoms. The standard InChI is InChI=1S/C15H17NO4/c1-3-4-7-16-14(17)12-8-10-5-6-11(19-2)9-13(10)20-15(12)18/h5-6,8-9H,3-4,7H2,1-2H3,(H,16,17). The number of unbranched alkanes of at least 4 members (excludes halogenated alkanes) is 1. The third-order valence-electron chi connectivity index (χ3n) is 3.00. The van der Waals surface area contributed by atoms with E-state index in [1.54, 1.807) is 24.3 Å². The number of hydrogen-bond donors (Lipinski definition) is 1. The summed E-state index contributed by atoms with van der Waals surface area (Å²) < 4.78 is 10.2. The zero-order chi connectivity index (χ0) is 14.5. The van der Waals surface area contributed by atoms with Gasteiger partial charge in [0, 0.05) is 18.0 Å². The van der Waals surface area contributed by atoms with Crippen LogP contribution in [0, 0.1) is 0 Å². The molecule has 0 fully saturated rings. The fraction of sp³-hybridized carbons (Fsp3) is 0.333. The maximum atomic E-state index is 11.9. The molecular weight excluding hydrogens is 258 g/mol. The number of carbonyl (C=O) groups excluding carboxylic acids is 1. The van der Waals surface area contributed by atoms with E-state index in [9.17, 15) is 9.59 Å². The number of fused-ring (bicyclic) bond motifs is 1. The van der Waals surface area contributed by atoms with Crippen LogP contribution >= 0.6 is 0 Å². The van der Waals surface area contributed by atoms with Crippen LogP contribution in [-0.2, 0) is 0 Å². The SMILES string of the molecule is CCCCNC(=O)c1cc2ccc(OC)cc2oc1=O. The second-order valence-corrected chi connectivity index (χ2v) is 4.46. The largest absolute Gasteiger partial charge is 0.497 e. The van der Waals surface area contributed by atoms with E-state index in [-0.39, 0.29) is 5.56 Å². The summed E-state index contributed by atoms with van der Waals surface area (Å²) in [5, 5.41) is 3.39. The number of amides is 1. The molecule has 1 aromatic carbocycles. The average Bonchev–Trinajstić information content (AvgIpc) is 2.46. The lowest BCUT2D eigenvalue weighted by atomic mass is 10.1. The molecule has 0 saturated carbocycles. The molecule has 0 saturated heterocycles. The molecule has 0 bridgehead atoms. The Kier molecular flexibility index (Phi) is 4.40.